The quantitative estimate of drug-likeness (QED) is 0.449. The van der Waals surface area contributed by atoms with Crippen molar-refractivity contribution in [1.29, 1.82) is 0 Å². The van der Waals surface area contributed by atoms with E-state index in [1.54, 1.807) is 12.3 Å². The third kappa shape index (κ3) is 4.62. The molecule has 0 bridgehead atoms. The number of aliphatic imine (C=N–C) groups is 1. The van der Waals surface area contributed by atoms with Crippen LogP contribution in [0.4, 0.5) is 20.3 Å². The summed E-state index contributed by atoms with van der Waals surface area (Å²) in [5, 5.41) is 9.33. The summed E-state index contributed by atoms with van der Waals surface area (Å²) in [6, 6.07) is 1.67. The third-order valence-electron chi connectivity index (χ3n) is 5.50. The summed E-state index contributed by atoms with van der Waals surface area (Å²) in [6.45, 7) is 3.70. The minimum absolute atomic E-state index is 0.0273. The monoisotopic (exact) mass is 430 g/mol. The number of carbonyl (C=O) groups excluding carboxylic acids is 1. The van der Waals surface area contributed by atoms with Crippen LogP contribution in [0.15, 0.2) is 29.6 Å². The molecule has 3 aromatic heterocycles. The Morgan fingerprint density at radius 1 is 1.35 bits per heavy atom. The maximum atomic E-state index is 13.4. The molecule has 8 nitrogen and oxygen atoms in total. The van der Waals surface area contributed by atoms with Gasteiger partial charge in [0.15, 0.2) is 23.2 Å². The fourth-order valence-corrected chi connectivity index (χ4v) is 3.73. The van der Waals surface area contributed by atoms with Crippen molar-refractivity contribution in [1.82, 2.24) is 19.7 Å². The number of amides is 1. The Kier molecular flexibility index (Phi) is 6.06. The lowest BCUT2D eigenvalue weighted by atomic mass is 9.90. The number of aromatic nitrogens is 5. The van der Waals surface area contributed by atoms with E-state index >= 15 is 0 Å². The predicted molar refractivity (Wildman–Crippen MR) is 112 cm³/mol. The van der Waals surface area contributed by atoms with E-state index in [0.29, 0.717) is 17.4 Å². The fourth-order valence-electron chi connectivity index (χ4n) is 3.73. The van der Waals surface area contributed by atoms with Gasteiger partial charge in [0.25, 0.3) is 12.3 Å². The van der Waals surface area contributed by atoms with Crippen molar-refractivity contribution in [3.05, 3.63) is 35.9 Å². The van der Waals surface area contributed by atoms with Crippen molar-refractivity contribution >= 4 is 29.3 Å². The standard InChI is InChI=1S/C21H25F2N7O/c1-13(2)30-12-16(18(28-30)19(22)23)26-21(31)15-11-25-29-9-8-17(27-20(15)29)24-10-14-6-4-3-5-7-14/h8-14,19H,3-7H2,1-2H3,(H,26,31)/p+1. The molecule has 2 N–H and O–H groups in total. The average molecular weight is 430 g/mol. The van der Waals surface area contributed by atoms with Gasteiger partial charge < -0.3 is 5.32 Å². The van der Waals surface area contributed by atoms with E-state index in [9.17, 15) is 13.6 Å². The van der Waals surface area contributed by atoms with E-state index in [4.69, 9.17) is 0 Å². The second-order valence-corrected chi connectivity index (χ2v) is 8.11. The number of nitrogens with zero attached hydrogens (tertiary/aromatic N) is 5. The van der Waals surface area contributed by atoms with Gasteiger partial charge in [0.1, 0.15) is 11.3 Å². The van der Waals surface area contributed by atoms with Crippen LogP contribution in [0, 0.1) is 5.92 Å². The molecule has 1 aliphatic rings. The first-order valence-corrected chi connectivity index (χ1v) is 10.5. The third-order valence-corrected chi connectivity index (χ3v) is 5.50. The van der Waals surface area contributed by atoms with E-state index in [-0.39, 0.29) is 23.0 Å². The maximum Gasteiger partial charge on any atom is 0.285 e. The Bertz CT molecular complexity index is 1100. The van der Waals surface area contributed by atoms with Crippen molar-refractivity contribution in [3.63, 3.8) is 0 Å². The second-order valence-electron chi connectivity index (χ2n) is 8.11. The number of nitrogens with one attached hydrogen (secondary N) is 2. The highest BCUT2D eigenvalue weighted by Crippen LogP contribution is 2.26. The molecule has 0 spiro atoms. The number of rotatable bonds is 6. The van der Waals surface area contributed by atoms with Gasteiger partial charge in [-0.15, -0.1) is 4.68 Å². The molecule has 0 atom stereocenters. The van der Waals surface area contributed by atoms with Crippen LogP contribution in [0.3, 0.4) is 0 Å². The van der Waals surface area contributed by atoms with E-state index in [0.717, 1.165) is 12.8 Å². The van der Waals surface area contributed by atoms with Gasteiger partial charge in [0, 0.05) is 18.5 Å². The SMILES string of the molecule is CC(C)[n+]1cc(NC(=O)c2cnn3ccc(N=CC4CCCCC4)nc23)c(C(F)F)[nH]1. The van der Waals surface area contributed by atoms with Gasteiger partial charge in [-0.1, -0.05) is 19.3 Å². The molecule has 10 heteroatoms. The van der Waals surface area contributed by atoms with Crippen LogP contribution in [0.5, 0.6) is 0 Å². The number of alkyl halides is 2. The summed E-state index contributed by atoms with van der Waals surface area (Å²) < 4.78 is 29.8. The first-order valence-electron chi connectivity index (χ1n) is 10.5. The number of anilines is 1. The van der Waals surface area contributed by atoms with Crippen molar-refractivity contribution < 1.29 is 18.3 Å². The number of halogens is 2. The van der Waals surface area contributed by atoms with Gasteiger partial charge in [-0.05, 0) is 32.6 Å². The summed E-state index contributed by atoms with van der Waals surface area (Å²) in [5.74, 6) is 0.376. The normalized spacial score (nSPS) is 15.5. The molecule has 3 aromatic rings. The first-order chi connectivity index (χ1) is 14.9. The van der Waals surface area contributed by atoms with Crippen molar-refractivity contribution in [2.45, 2.75) is 58.4 Å². The van der Waals surface area contributed by atoms with E-state index < -0.39 is 12.3 Å². The van der Waals surface area contributed by atoms with Crippen LogP contribution in [-0.4, -0.2) is 31.8 Å². The highest BCUT2D eigenvalue weighted by Gasteiger charge is 2.26. The minimum Gasteiger partial charge on any atom is -0.315 e. The highest BCUT2D eigenvalue weighted by molar-refractivity contribution is 6.08. The lowest BCUT2D eigenvalue weighted by Crippen LogP contribution is -2.37. The number of aromatic amines is 1. The number of fused-ring (bicyclic) bond motifs is 1. The van der Waals surface area contributed by atoms with Crippen LogP contribution in [-0.2, 0) is 0 Å². The number of hydrogen-bond donors (Lipinski definition) is 2. The van der Waals surface area contributed by atoms with E-state index in [1.807, 2.05) is 20.1 Å². The number of carbonyl (C=O) groups is 1. The van der Waals surface area contributed by atoms with E-state index in [2.05, 4.69) is 25.5 Å². The Morgan fingerprint density at radius 2 is 2.13 bits per heavy atom. The lowest BCUT2D eigenvalue weighted by Gasteiger charge is -2.16. The first kappa shape index (κ1) is 21.1. The average Bonchev–Trinajstić information content (AvgIpc) is 3.37. The smallest absolute Gasteiger partial charge is 0.285 e. The molecule has 1 fully saturated rings. The Hall–Kier alpha value is -3.17. The Balaban J connectivity index is 1.58. The summed E-state index contributed by atoms with van der Waals surface area (Å²) in [4.78, 5) is 21.8. The molecule has 0 unspecified atom stereocenters. The predicted octanol–water partition coefficient (Wildman–Crippen LogP) is 4.40. The second kappa shape index (κ2) is 8.91. The van der Waals surface area contributed by atoms with Crippen LogP contribution < -0.4 is 10.00 Å². The van der Waals surface area contributed by atoms with Crippen molar-refractivity contribution in [2.24, 2.45) is 10.9 Å². The summed E-state index contributed by atoms with van der Waals surface area (Å²) in [6.07, 6.45) is 9.66. The van der Waals surface area contributed by atoms with Gasteiger partial charge in [-0.25, -0.2) is 23.3 Å². The maximum absolute atomic E-state index is 13.4. The number of H-pyrrole nitrogens is 1. The Labute approximate surface area is 178 Å². The molecule has 0 radical (unpaired) electrons. The van der Waals surface area contributed by atoms with Crippen molar-refractivity contribution in [3.8, 4) is 0 Å². The van der Waals surface area contributed by atoms with Crippen LogP contribution in [0.1, 0.15) is 74.5 Å². The fraction of sp³-hybridized carbons (Fsp3) is 0.476. The lowest BCUT2D eigenvalue weighted by molar-refractivity contribution is -0.768. The summed E-state index contributed by atoms with van der Waals surface area (Å²) >= 11 is 0. The minimum atomic E-state index is -2.75. The molecular formula is C21H26F2N7O+. The highest BCUT2D eigenvalue weighted by atomic mass is 19.3. The Morgan fingerprint density at radius 3 is 2.84 bits per heavy atom. The molecular weight excluding hydrogens is 404 g/mol. The molecule has 4 rings (SSSR count). The van der Waals surface area contributed by atoms with Gasteiger partial charge >= 0.3 is 0 Å². The molecule has 164 valence electrons. The summed E-state index contributed by atoms with van der Waals surface area (Å²) in [7, 11) is 0. The molecule has 0 aromatic carbocycles. The van der Waals surface area contributed by atoms with Gasteiger partial charge in [-0.2, -0.15) is 10.2 Å². The van der Waals surface area contributed by atoms with Crippen molar-refractivity contribution in [2.75, 3.05) is 5.32 Å². The van der Waals surface area contributed by atoms with Crippen LogP contribution in [0.25, 0.3) is 5.65 Å². The molecule has 0 saturated heterocycles. The molecule has 0 aliphatic heterocycles. The van der Waals surface area contributed by atoms with Gasteiger partial charge in [0.05, 0.1) is 6.20 Å². The zero-order valence-corrected chi connectivity index (χ0v) is 17.6. The van der Waals surface area contributed by atoms with E-state index in [1.165, 1.54) is 40.9 Å². The molecule has 3 heterocycles. The van der Waals surface area contributed by atoms with Crippen LogP contribution >= 0.6 is 0 Å². The summed E-state index contributed by atoms with van der Waals surface area (Å²) in [5.41, 5.74) is 0.192. The molecule has 1 amide bonds. The van der Waals surface area contributed by atoms with Crippen LogP contribution in [0.2, 0.25) is 0 Å². The number of hydrogen-bond acceptors (Lipinski definition) is 4. The topological polar surface area (TPSA) is 91.3 Å². The zero-order chi connectivity index (χ0) is 22.0. The molecule has 31 heavy (non-hydrogen) atoms. The largest absolute Gasteiger partial charge is 0.315 e. The van der Waals surface area contributed by atoms with Gasteiger partial charge in [-0.3, -0.25) is 4.79 Å². The molecule has 1 aliphatic carbocycles. The van der Waals surface area contributed by atoms with Gasteiger partial charge in [0.2, 0.25) is 6.20 Å². The zero-order valence-electron chi connectivity index (χ0n) is 17.6. The molecule has 1 saturated carbocycles.